The lowest BCUT2D eigenvalue weighted by Gasteiger charge is -2.17. The highest BCUT2D eigenvalue weighted by molar-refractivity contribution is 7.53. The second kappa shape index (κ2) is 6.91. The Labute approximate surface area is 159 Å². The summed E-state index contributed by atoms with van der Waals surface area (Å²) < 4.78 is 13.0. The van der Waals surface area contributed by atoms with E-state index in [-0.39, 0.29) is 0 Å². The van der Waals surface area contributed by atoms with Crippen LogP contribution in [-0.2, 0) is 9.36 Å². The number of amides is 1. The molecule has 0 aliphatic carbocycles. The van der Waals surface area contributed by atoms with E-state index < -0.39 is 19.2 Å². The topological polar surface area (TPSA) is 86.6 Å². The minimum atomic E-state index is -4.70. The summed E-state index contributed by atoms with van der Waals surface area (Å²) in [4.78, 5) is 32.8. The largest absolute Gasteiger partial charge is 0.343 e. The SMILES string of the molecule is O=C(Nc1ccc2ccccc2c1)C(c1cc2ccccc2s1)P(=O)(O)O. The first-order valence-corrected chi connectivity index (χ1v) is 10.7. The molecule has 1 unspecified atom stereocenters. The van der Waals surface area contributed by atoms with Gasteiger partial charge in [-0.15, -0.1) is 11.3 Å². The number of carbonyl (C=O) groups excluding carboxylic acids is 1. The van der Waals surface area contributed by atoms with E-state index in [1.54, 1.807) is 18.2 Å². The standard InChI is InChI=1S/C20H16NO4PS/c22-20(21-16-10-9-13-5-1-2-6-14(13)11-16)19(26(23,24)25)18-12-15-7-3-4-8-17(15)27-18/h1-12,19H,(H,21,22)(H2,23,24,25). The smallest absolute Gasteiger partial charge is 0.325 e. The van der Waals surface area contributed by atoms with E-state index >= 15 is 0 Å². The van der Waals surface area contributed by atoms with Gasteiger partial charge in [-0.2, -0.15) is 0 Å². The maximum absolute atomic E-state index is 12.8. The van der Waals surface area contributed by atoms with Gasteiger partial charge < -0.3 is 15.1 Å². The molecular formula is C20H16NO4PS. The van der Waals surface area contributed by atoms with E-state index in [1.165, 1.54) is 11.3 Å². The average Bonchev–Trinajstić information content (AvgIpc) is 3.03. The number of hydrogen-bond donors (Lipinski definition) is 3. The van der Waals surface area contributed by atoms with Crippen LogP contribution in [0.3, 0.4) is 0 Å². The minimum Gasteiger partial charge on any atom is -0.325 e. The lowest BCUT2D eigenvalue weighted by atomic mass is 10.1. The van der Waals surface area contributed by atoms with Gasteiger partial charge in [-0.1, -0.05) is 48.5 Å². The molecule has 0 spiro atoms. The maximum atomic E-state index is 12.8. The lowest BCUT2D eigenvalue weighted by molar-refractivity contribution is -0.116. The molecule has 3 aromatic carbocycles. The Morgan fingerprint density at radius 3 is 2.26 bits per heavy atom. The fourth-order valence-electron chi connectivity index (χ4n) is 3.06. The van der Waals surface area contributed by atoms with Gasteiger partial charge in [0.1, 0.15) is 0 Å². The van der Waals surface area contributed by atoms with E-state index in [9.17, 15) is 19.1 Å². The Bertz CT molecular complexity index is 1160. The Morgan fingerprint density at radius 1 is 0.889 bits per heavy atom. The molecule has 4 aromatic rings. The molecule has 0 saturated carbocycles. The predicted octanol–water partition coefficient (Wildman–Crippen LogP) is 4.91. The third-order valence-corrected chi connectivity index (χ3v) is 6.86. The van der Waals surface area contributed by atoms with Crippen LogP contribution in [0.5, 0.6) is 0 Å². The molecule has 1 atom stereocenters. The molecule has 7 heteroatoms. The van der Waals surface area contributed by atoms with Crippen LogP contribution < -0.4 is 5.32 Å². The molecule has 1 amide bonds. The van der Waals surface area contributed by atoms with Crippen molar-refractivity contribution >= 4 is 51.4 Å². The van der Waals surface area contributed by atoms with Crippen molar-refractivity contribution in [1.29, 1.82) is 0 Å². The zero-order valence-corrected chi connectivity index (χ0v) is 15.8. The summed E-state index contributed by atoms with van der Waals surface area (Å²) in [6, 6.07) is 22.1. The number of fused-ring (bicyclic) bond motifs is 2. The van der Waals surface area contributed by atoms with E-state index in [1.807, 2.05) is 54.6 Å². The minimum absolute atomic E-state index is 0.350. The first kappa shape index (κ1) is 17.9. The van der Waals surface area contributed by atoms with Crippen molar-refractivity contribution in [2.24, 2.45) is 0 Å². The van der Waals surface area contributed by atoms with Crippen molar-refractivity contribution in [3.05, 3.63) is 77.7 Å². The van der Waals surface area contributed by atoms with Gasteiger partial charge in [0.05, 0.1) is 0 Å². The monoisotopic (exact) mass is 397 g/mol. The lowest BCUT2D eigenvalue weighted by Crippen LogP contribution is -2.20. The van der Waals surface area contributed by atoms with E-state index in [2.05, 4.69) is 5.32 Å². The van der Waals surface area contributed by atoms with Gasteiger partial charge in [0.15, 0.2) is 5.66 Å². The van der Waals surface area contributed by atoms with Crippen LogP contribution in [0.2, 0.25) is 0 Å². The van der Waals surface area contributed by atoms with E-state index in [4.69, 9.17) is 0 Å². The number of nitrogens with one attached hydrogen (secondary N) is 1. The second-order valence-corrected chi connectivity index (χ2v) is 9.04. The molecule has 0 aliphatic rings. The Morgan fingerprint density at radius 2 is 1.56 bits per heavy atom. The fraction of sp³-hybridized carbons (Fsp3) is 0.0500. The fourth-order valence-corrected chi connectivity index (χ4v) is 5.46. The molecule has 5 nitrogen and oxygen atoms in total. The van der Waals surface area contributed by atoms with Gasteiger partial charge in [-0.05, 0) is 40.4 Å². The van der Waals surface area contributed by atoms with Crippen LogP contribution in [0.25, 0.3) is 20.9 Å². The summed E-state index contributed by atoms with van der Waals surface area (Å²) in [5.74, 6) is -0.717. The molecule has 136 valence electrons. The molecule has 3 N–H and O–H groups in total. The van der Waals surface area contributed by atoms with Crippen LogP contribution in [0, 0.1) is 0 Å². The quantitative estimate of drug-likeness (QED) is 0.427. The van der Waals surface area contributed by atoms with Crippen LogP contribution in [0.4, 0.5) is 5.69 Å². The van der Waals surface area contributed by atoms with Crippen molar-refractivity contribution in [3.8, 4) is 0 Å². The number of carbonyl (C=O) groups is 1. The Hall–Kier alpha value is -2.50. The van der Waals surface area contributed by atoms with Crippen molar-refractivity contribution in [3.63, 3.8) is 0 Å². The van der Waals surface area contributed by atoms with Crippen molar-refractivity contribution < 1.29 is 19.1 Å². The van der Waals surface area contributed by atoms with Crippen molar-refractivity contribution in [1.82, 2.24) is 0 Å². The van der Waals surface area contributed by atoms with Gasteiger partial charge in [0, 0.05) is 15.3 Å². The highest BCUT2D eigenvalue weighted by Gasteiger charge is 2.38. The van der Waals surface area contributed by atoms with Gasteiger partial charge in [-0.25, -0.2) is 0 Å². The van der Waals surface area contributed by atoms with Gasteiger partial charge >= 0.3 is 7.60 Å². The number of rotatable bonds is 4. The first-order chi connectivity index (χ1) is 12.9. The van der Waals surface area contributed by atoms with Gasteiger partial charge in [-0.3, -0.25) is 9.36 Å². The molecular weight excluding hydrogens is 381 g/mol. The Kier molecular flexibility index (Phi) is 4.58. The number of anilines is 1. The summed E-state index contributed by atoms with van der Waals surface area (Å²) >= 11 is 1.22. The zero-order valence-electron chi connectivity index (χ0n) is 14.1. The maximum Gasteiger partial charge on any atom is 0.343 e. The van der Waals surface area contributed by atoms with Crippen molar-refractivity contribution in [2.75, 3.05) is 5.32 Å². The van der Waals surface area contributed by atoms with Crippen LogP contribution in [-0.4, -0.2) is 15.7 Å². The molecule has 27 heavy (non-hydrogen) atoms. The first-order valence-electron chi connectivity index (χ1n) is 8.25. The third-order valence-electron chi connectivity index (χ3n) is 4.32. The molecule has 0 aliphatic heterocycles. The number of benzene rings is 3. The predicted molar refractivity (Wildman–Crippen MR) is 109 cm³/mol. The molecule has 1 heterocycles. The summed E-state index contributed by atoms with van der Waals surface area (Å²) in [6.07, 6.45) is 0. The molecule has 4 rings (SSSR count). The summed E-state index contributed by atoms with van der Waals surface area (Å²) in [5.41, 5.74) is -1.04. The van der Waals surface area contributed by atoms with Gasteiger partial charge in [0.2, 0.25) is 5.91 Å². The highest BCUT2D eigenvalue weighted by Crippen LogP contribution is 2.54. The third kappa shape index (κ3) is 3.66. The molecule has 0 saturated heterocycles. The summed E-state index contributed by atoms with van der Waals surface area (Å²) in [6.45, 7) is 0. The second-order valence-electron chi connectivity index (χ2n) is 6.23. The molecule has 1 aromatic heterocycles. The average molecular weight is 397 g/mol. The highest BCUT2D eigenvalue weighted by atomic mass is 32.1. The molecule has 0 bridgehead atoms. The summed E-state index contributed by atoms with van der Waals surface area (Å²) in [5, 5.41) is 5.47. The number of hydrogen-bond acceptors (Lipinski definition) is 3. The molecule has 0 radical (unpaired) electrons. The number of thiophene rings is 1. The van der Waals surface area contributed by atoms with Crippen LogP contribution in [0.15, 0.2) is 72.8 Å². The van der Waals surface area contributed by atoms with E-state index in [0.29, 0.717) is 10.6 Å². The Balaban J connectivity index is 1.69. The normalized spacial score (nSPS) is 13.0. The van der Waals surface area contributed by atoms with Gasteiger partial charge in [0.25, 0.3) is 0 Å². The van der Waals surface area contributed by atoms with Crippen LogP contribution >= 0.6 is 18.9 Å². The molecule has 0 fully saturated rings. The summed E-state index contributed by atoms with van der Waals surface area (Å²) in [7, 11) is -4.70. The van der Waals surface area contributed by atoms with E-state index in [0.717, 1.165) is 20.9 Å². The zero-order chi connectivity index (χ0) is 19.0. The van der Waals surface area contributed by atoms with Crippen molar-refractivity contribution in [2.45, 2.75) is 5.66 Å². The van der Waals surface area contributed by atoms with Crippen LogP contribution in [0.1, 0.15) is 10.5 Å².